The summed E-state index contributed by atoms with van der Waals surface area (Å²) in [5.74, 6) is 0.507. The fraction of sp³-hybridized carbons (Fsp3) is 0.200. The molecule has 0 saturated carbocycles. The van der Waals surface area contributed by atoms with E-state index in [2.05, 4.69) is 15.5 Å². The third-order valence-corrected chi connectivity index (χ3v) is 5.93. The second-order valence-electron chi connectivity index (χ2n) is 6.59. The standard InChI is InChI=1S/C20H17ClN4O2S/c1-11-5-4-6-12(2)19(11)25-20(22-23-24-25)28-10-14-8-18(26)27-17-7-13(3)16(21)9-15(14)17/h4-9H,10H2,1-3H3. The van der Waals surface area contributed by atoms with Gasteiger partial charge in [-0.2, -0.15) is 4.68 Å². The molecular weight excluding hydrogens is 396 g/mol. The van der Waals surface area contributed by atoms with Crippen molar-refractivity contribution in [3.63, 3.8) is 0 Å². The fourth-order valence-electron chi connectivity index (χ4n) is 3.16. The highest BCUT2D eigenvalue weighted by molar-refractivity contribution is 7.98. The number of nitrogens with zero attached hydrogens (tertiary/aromatic N) is 4. The van der Waals surface area contributed by atoms with Gasteiger partial charge in [-0.25, -0.2) is 4.79 Å². The predicted octanol–water partition coefficient (Wildman–Crippen LogP) is 4.64. The van der Waals surface area contributed by atoms with E-state index in [1.807, 2.05) is 45.0 Å². The zero-order valence-corrected chi connectivity index (χ0v) is 17.1. The number of tetrazole rings is 1. The average Bonchev–Trinajstić information content (AvgIpc) is 3.09. The van der Waals surface area contributed by atoms with E-state index < -0.39 is 0 Å². The number of aryl methyl sites for hydroxylation is 3. The first-order valence-corrected chi connectivity index (χ1v) is 10.0. The minimum atomic E-state index is -0.390. The van der Waals surface area contributed by atoms with E-state index in [0.29, 0.717) is 21.5 Å². The second-order valence-corrected chi connectivity index (χ2v) is 7.94. The molecule has 0 unspecified atom stereocenters. The van der Waals surface area contributed by atoms with Gasteiger partial charge in [-0.05, 0) is 65.6 Å². The van der Waals surface area contributed by atoms with Crippen molar-refractivity contribution in [1.82, 2.24) is 20.2 Å². The predicted molar refractivity (Wildman–Crippen MR) is 110 cm³/mol. The lowest BCUT2D eigenvalue weighted by atomic mass is 10.1. The smallest absolute Gasteiger partial charge is 0.336 e. The number of benzene rings is 2. The summed E-state index contributed by atoms with van der Waals surface area (Å²) in [7, 11) is 0. The molecule has 0 aliphatic heterocycles. The maximum Gasteiger partial charge on any atom is 0.336 e. The molecule has 2 heterocycles. The molecule has 2 aromatic heterocycles. The van der Waals surface area contributed by atoms with Gasteiger partial charge in [0.1, 0.15) is 5.58 Å². The van der Waals surface area contributed by atoms with Crippen molar-refractivity contribution in [1.29, 1.82) is 0 Å². The molecule has 0 fully saturated rings. The van der Waals surface area contributed by atoms with Crippen molar-refractivity contribution in [2.24, 2.45) is 0 Å². The van der Waals surface area contributed by atoms with Gasteiger partial charge in [0.05, 0.1) is 5.69 Å². The third kappa shape index (κ3) is 3.43. The summed E-state index contributed by atoms with van der Waals surface area (Å²) >= 11 is 7.73. The normalized spacial score (nSPS) is 11.3. The van der Waals surface area contributed by atoms with Gasteiger partial charge in [-0.15, -0.1) is 5.10 Å². The molecule has 0 aliphatic rings. The van der Waals surface area contributed by atoms with Gasteiger partial charge in [-0.3, -0.25) is 0 Å². The van der Waals surface area contributed by atoms with E-state index in [-0.39, 0.29) is 5.63 Å². The van der Waals surface area contributed by atoms with Crippen molar-refractivity contribution in [2.75, 3.05) is 0 Å². The molecule has 0 spiro atoms. The van der Waals surface area contributed by atoms with Crippen LogP contribution in [-0.2, 0) is 5.75 Å². The molecule has 0 N–H and O–H groups in total. The maximum absolute atomic E-state index is 12.0. The summed E-state index contributed by atoms with van der Waals surface area (Å²) in [5.41, 5.74) is 4.96. The molecule has 0 bridgehead atoms. The van der Waals surface area contributed by atoms with E-state index in [1.165, 1.54) is 17.8 Å². The van der Waals surface area contributed by atoms with Crippen molar-refractivity contribution < 1.29 is 4.42 Å². The molecule has 0 aliphatic carbocycles. The number of fused-ring (bicyclic) bond motifs is 1. The largest absolute Gasteiger partial charge is 0.423 e. The topological polar surface area (TPSA) is 73.8 Å². The van der Waals surface area contributed by atoms with Crippen LogP contribution < -0.4 is 5.63 Å². The Bertz CT molecular complexity index is 1230. The van der Waals surface area contributed by atoms with E-state index in [1.54, 1.807) is 10.7 Å². The van der Waals surface area contributed by atoms with Gasteiger partial charge in [-0.1, -0.05) is 41.6 Å². The highest BCUT2D eigenvalue weighted by Gasteiger charge is 2.15. The van der Waals surface area contributed by atoms with E-state index >= 15 is 0 Å². The number of halogens is 1. The minimum Gasteiger partial charge on any atom is -0.423 e. The summed E-state index contributed by atoms with van der Waals surface area (Å²) < 4.78 is 7.07. The van der Waals surface area contributed by atoms with Crippen LogP contribution in [0.15, 0.2) is 50.8 Å². The molecule has 0 atom stereocenters. The minimum absolute atomic E-state index is 0.390. The molecule has 2 aromatic carbocycles. The van der Waals surface area contributed by atoms with Crippen molar-refractivity contribution in [3.8, 4) is 5.69 Å². The lowest BCUT2D eigenvalue weighted by Gasteiger charge is -2.11. The monoisotopic (exact) mass is 412 g/mol. The van der Waals surface area contributed by atoms with E-state index in [9.17, 15) is 4.79 Å². The number of aromatic nitrogens is 4. The first-order chi connectivity index (χ1) is 13.4. The molecule has 4 aromatic rings. The van der Waals surface area contributed by atoms with Gasteiger partial charge in [0.15, 0.2) is 0 Å². The first kappa shape index (κ1) is 18.7. The number of para-hydroxylation sites is 1. The zero-order valence-electron chi connectivity index (χ0n) is 15.6. The van der Waals surface area contributed by atoms with Crippen LogP contribution in [-0.4, -0.2) is 20.2 Å². The number of hydrogen-bond acceptors (Lipinski definition) is 6. The van der Waals surface area contributed by atoms with Gasteiger partial charge in [0.2, 0.25) is 5.16 Å². The molecule has 0 saturated heterocycles. The van der Waals surface area contributed by atoms with Crippen LogP contribution in [0.3, 0.4) is 0 Å². The van der Waals surface area contributed by atoms with Crippen molar-refractivity contribution >= 4 is 34.3 Å². The summed E-state index contributed by atoms with van der Waals surface area (Å²) in [4.78, 5) is 12.0. The second kappa shape index (κ2) is 7.41. The molecular formula is C20H17ClN4O2S. The highest BCUT2D eigenvalue weighted by Crippen LogP contribution is 2.30. The fourth-order valence-corrected chi connectivity index (χ4v) is 4.19. The van der Waals surface area contributed by atoms with Crippen molar-refractivity contribution in [2.45, 2.75) is 31.7 Å². The van der Waals surface area contributed by atoms with Crippen LogP contribution in [0.2, 0.25) is 5.02 Å². The summed E-state index contributed by atoms with van der Waals surface area (Å²) in [5, 5.41) is 14.3. The Kier molecular flexibility index (Phi) is 4.95. The molecule has 28 heavy (non-hydrogen) atoms. The van der Waals surface area contributed by atoms with Crippen LogP contribution >= 0.6 is 23.4 Å². The summed E-state index contributed by atoms with van der Waals surface area (Å²) in [6.45, 7) is 5.93. The van der Waals surface area contributed by atoms with Crippen LogP contribution in [0, 0.1) is 20.8 Å². The van der Waals surface area contributed by atoms with Crippen LogP contribution in [0.4, 0.5) is 0 Å². The Hall–Kier alpha value is -2.64. The van der Waals surface area contributed by atoms with E-state index in [4.69, 9.17) is 16.0 Å². The number of thioether (sulfide) groups is 1. The van der Waals surface area contributed by atoms with Crippen LogP contribution in [0.25, 0.3) is 16.7 Å². The zero-order chi connectivity index (χ0) is 19.8. The Balaban J connectivity index is 1.71. The Morgan fingerprint density at radius 2 is 1.86 bits per heavy atom. The summed E-state index contributed by atoms with van der Waals surface area (Å²) in [6, 6.07) is 11.2. The highest BCUT2D eigenvalue weighted by atomic mass is 35.5. The Labute approximate surface area is 170 Å². The van der Waals surface area contributed by atoms with Gasteiger partial charge in [0.25, 0.3) is 0 Å². The molecule has 0 amide bonds. The quantitative estimate of drug-likeness (QED) is 0.359. The summed E-state index contributed by atoms with van der Waals surface area (Å²) in [6.07, 6.45) is 0. The van der Waals surface area contributed by atoms with E-state index in [0.717, 1.165) is 33.3 Å². The molecule has 0 radical (unpaired) electrons. The number of rotatable bonds is 4. The molecule has 8 heteroatoms. The molecule has 4 rings (SSSR count). The molecule has 142 valence electrons. The average molecular weight is 413 g/mol. The Morgan fingerprint density at radius 3 is 2.61 bits per heavy atom. The van der Waals surface area contributed by atoms with Gasteiger partial charge < -0.3 is 4.42 Å². The van der Waals surface area contributed by atoms with Crippen molar-refractivity contribution in [3.05, 3.63) is 74.1 Å². The third-order valence-electron chi connectivity index (χ3n) is 4.56. The Morgan fingerprint density at radius 1 is 1.11 bits per heavy atom. The first-order valence-electron chi connectivity index (χ1n) is 8.64. The van der Waals surface area contributed by atoms with Crippen LogP contribution in [0.5, 0.6) is 0 Å². The van der Waals surface area contributed by atoms with Crippen LogP contribution in [0.1, 0.15) is 22.3 Å². The van der Waals surface area contributed by atoms with Gasteiger partial charge >= 0.3 is 5.63 Å². The number of hydrogen-bond donors (Lipinski definition) is 0. The lowest BCUT2D eigenvalue weighted by Crippen LogP contribution is -2.04. The SMILES string of the molecule is Cc1cc2oc(=O)cc(CSc3nnnn3-c3c(C)cccc3C)c2cc1Cl. The lowest BCUT2D eigenvalue weighted by molar-refractivity contribution is 0.559. The van der Waals surface area contributed by atoms with Gasteiger partial charge in [0, 0.05) is 22.2 Å². The molecule has 6 nitrogen and oxygen atoms in total. The maximum atomic E-state index is 12.0.